The van der Waals surface area contributed by atoms with Crippen LogP contribution in [0.25, 0.3) is 21.6 Å². The van der Waals surface area contributed by atoms with Gasteiger partial charge in [0, 0.05) is 57.2 Å². The third kappa shape index (κ3) is 4.71. The van der Waals surface area contributed by atoms with E-state index < -0.39 is 0 Å². The zero-order valence-electron chi connectivity index (χ0n) is 16.5. The van der Waals surface area contributed by atoms with Crippen LogP contribution >= 0.6 is 11.3 Å². The number of carbonyl (C=O) groups is 1. The maximum Gasteiger partial charge on any atom is 0.223 e. The lowest BCUT2D eigenvalue weighted by atomic mass is 9.96. The number of amides is 1. The van der Waals surface area contributed by atoms with Crippen LogP contribution in [0.15, 0.2) is 36.7 Å². The van der Waals surface area contributed by atoms with Gasteiger partial charge in [-0.3, -0.25) is 9.78 Å². The Hall–Kier alpha value is -2.58. The zero-order valence-corrected chi connectivity index (χ0v) is 17.3. The van der Waals surface area contributed by atoms with Crippen LogP contribution in [-0.2, 0) is 9.53 Å². The van der Waals surface area contributed by atoms with Gasteiger partial charge in [-0.1, -0.05) is 11.3 Å². The molecule has 1 aliphatic rings. The minimum atomic E-state index is 0.0819. The predicted molar refractivity (Wildman–Crippen MR) is 115 cm³/mol. The Balaban J connectivity index is 1.38. The number of hydrogen-bond donors (Lipinski definition) is 1. The topological polar surface area (TPSA) is 80.2 Å². The van der Waals surface area contributed by atoms with Crippen LogP contribution in [0.4, 0.5) is 5.13 Å². The Bertz CT molecular complexity index is 954. The highest BCUT2D eigenvalue weighted by atomic mass is 32.1. The highest BCUT2D eigenvalue weighted by Gasteiger charge is 2.26. The number of thiazole rings is 1. The van der Waals surface area contributed by atoms with E-state index >= 15 is 0 Å². The van der Waals surface area contributed by atoms with Crippen LogP contribution in [0, 0.1) is 5.92 Å². The Kier molecular flexibility index (Phi) is 6.31. The predicted octanol–water partition coefficient (Wildman–Crippen LogP) is 3.12. The minimum absolute atomic E-state index is 0.0819. The molecule has 1 N–H and O–H groups in total. The summed E-state index contributed by atoms with van der Waals surface area (Å²) in [4.78, 5) is 29.2. The fourth-order valence-corrected chi connectivity index (χ4v) is 4.51. The van der Waals surface area contributed by atoms with Gasteiger partial charge < -0.3 is 15.0 Å². The van der Waals surface area contributed by atoms with Gasteiger partial charge in [-0.05, 0) is 43.5 Å². The first kappa shape index (κ1) is 19.7. The van der Waals surface area contributed by atoms with Crippen molar-refractivity contribution in [3.05, 3.63) is 36.7 Å². The smallest absolute Gasteiger partial charge is 0.223 e. The van der Waals surface area contributed by atoms with E-state index in [1.165, 1.54) is 0 Å². The molecule has 0 atom stereocenters. The molecule has 1 fully saturated rings. The first-order valence-electron chi connectivity index (χ1n) is 9.94. The number of pyridine rings is 2. The van der Waals surface area contributed by atoms with Crippen LogP contribution < -0.4 is 10.2 Å². The van der Waals surface area contributed by atoms with Gasteiger partial charge in [0.1, 0.15) is 10.3 Å². The number of rotatable bonds is 7. The molecular weight excluding hydrogens is 386 g/mol. The monoisotopic (exact) mass is 411 g/mol. The molecule has 0 radical (unpaired) electrons. The average molecular weight is 412 g/mol. The molecule has 0 saturated carbocycles. The maximum atomic E-state index is 12.3. The molecule has 1 aliphatic heterocycles. The summed E-state index contributed by atoms with van der Waals surface area (Å²) in [5.41, 5.74) is 2.82. The van der Waals surface area contributed by atoms with Gasteiger partial charge in [0.05, 0.1) is 5.69 Å². The fraction of sp³-hybridized carbons (Fsp3) is 0.429. The summed E-state index contributed by atoms with van der Waals surface area (Å²) >= 11 is 1.61. The molecule has 4 rings (SSSR count). The van der Waals surface area contributed by atoms with E-state index in [0.29, 0.717) is 13.2 Å². The quantitative estimate of drug-likeness (QED) is 0.602. The van der Waals surface area contributed by atoms with E-state index in [2.05, 4.69) is 15.2 Å². The number of aromatic nitrogens is 3. The summed E-state index contributed by atoms with van der Waals surface area (Å²) in [5, 5.41) is 4.00. The molecule has 4 heterocycles. The second-order valence-corrected chi connectivity index (χ2v) is 8.11. The number of nitrogens with zero attached hydrogens (tertiary/aromatic N) is 4. The molecule has 7 nitrogen and oxygen atoms in total. The van der Waals surface area contributed by atoms with Crippen molar-refractivity contribution in [2.75, 3.05) is 38.3 Å². The average Bonchev–Trinajstić information content (AvgIpc) is 3.21. The summed E-state index contributed by atoms with van der Waals surface area (Å²) in [6, 6.07) is 7.93. The summed E-state index contributed by atoms with van der Waals surface area (Å²) in [5.74, 6) is 0.242. The number of fused-ring (bicyclic) bond motifs is 1. The van der Waals surface area contributed by atoms with E-state index in [1.54, 1.807) is 24.6 Å². The van der Waals surface area contributed by atoms with E-state index in [1.807, 2.05) is 30.5 Å². The number of ether oxygens (including phenoxy) is 1. The normalized spacial score (nSPS) is 15.0. The minimum Gasteiger partial charge on any atom is -0.385 e. The van der Waals surface area contributed by atoms with E-state index in [-0.39, 0.29) is 11.8 Å². The molecule has 0 unspecified atom stereocenters. The third-order valence-electron chi connectivity index (χ3n) is 5.16. The lowest BCUT2D eigenvalue weighted by molar-refractivity contribution is -0.125. The summed E-state index contributed by atoms with van der Waals surface area (Å²) in [6.45, 7) is 3.03. The number of nitrogens with one attached hydrogen (secondary N) is 1. The lowest BCUT2D eigenvalue weighted by Gasteiger charge is -2.30. The first-order chi connectivity index (χ1) is 14.2. The van der Waals surface area contributed by atoms with E-state index in [0.717, 1.165) is 59.1 Å². The number of hydrogen-bond acceptors (Lipinski definition) is 7. The molecule has 3 aromatic heterocycles. The molecule has 0 bridgehead atoms. The molecule has 0 aliphatic carbocycles. The van der Waals surface area contributed by atoms with Gasteiger partial charge in [0.25, 0.3) is 0 Å². The fourth-order valence-electron chi connectivity index (χ4n) is 3.52. The Labute approximate surface area is 174 Å². The van der Waals surface area contributed by atoms with Crippen LogP contribution in [-0.4, -0.2) is 54.2 Å². The van der Waals surface area contributed by atoms with Crippen molar-refractivity contribution in [2.45, 2.75) is 19.3 Å². The van der Waals surface area contributed by atoms with Crippen LogP contribution in [0.2, 0.25) is 0 Å². The van der Waals surface area contributed by atoms with Gasteiger partial charge in [-0.25, -0.2) is 9.97 Å². The Morgan fingerprint density at radius 2 is 2.14 bits per heavy atom. The zero-order chi connectivity index (χ0) is 20.1. The molecular formula is C21H25N5O2S. The molecule has 1 amide bonds. The number of piperidine rings is 1. The second kappa shape index (κ2) is 9.28. The molecule has 152 valence electrons. The largest absolute Gasteiger partial charge is 0.385 e. The molecule has 8 heteroatoms. The van der Waals surface area contributed by atoms with E-state index in [4.69, 9.17) is 14.7 Å². The van der Waals surface area contributed by atoms with Crippen molar-refractivity contribution in [2.24, 2.45) is 5.92 Å². The van der Waals surface area contributed by atoms with Crippen molar-refractivity contribution in [1.29, 1.82) is 0 Å². The third-order valence-corrected chi connectivity index (χ3v) is 6.19. The van der Waals surface area contributed by atoms with Gasteiger partial charge in [-0.15, -0.1) is 0 Å². The molecule has 29 heavy (non-hydrogen) atoms. The van der Waals surface area contributed by atoms with Crippen molar-refractivity contribution in [3.8, 4) is 11.3 Å². The maximum absolute atomic E-state index is 12.3. The van der Waals surface area contributed by atoms with Gasteiger partial charge in [-0.2, -0.15) is 0 Å². The number of methoxy groups -OCH3 is 1. The number of anilines is 1. The Morgan fingerprint density at radius 1 is 1.28 bits per heavy atom. The van der Waals surface area contributed by atoms with Gasteiger partial charge >= 0.3 is 0 Å². The van der Waals surface area contributed by atoms with Crippen LogP contribution in [0.3, 0.4) is 0 Å². The molecule has 3 aromatic rings. The van der Waals surface area contributed by atoms with Gasteiger partial charge in [0.2, 0.25) is 5.91 Å². The highest BCUT2D eigenvalue weighted by molar-refractivity contribution is 7.21. The van der Waals surface area contributed by atoms with Crippen LogP contribution in [0.1, 0.15) is 19.3 Å². The van der Waals surface area contributed by atoms with Crippen molar-refractivity contribution in [3.63, 3.8) is 0 Å². The second-order valence-electron chi connectivity index (χ2n) is 7.16. The first-order valence-corrected chi connectivity index (χ1v) is 10.8. The summed E-state index contributed by atoms with van der Waals surface area (Å²) in [6.07, 6.45) is 6.12. The standard InChI is InChI=1S/C21H25N5O2S/c1-28-13-3-10-23-19(27)15-7-11-26(12-8-15)21-25-18-6-5-17(24-20(18)29-21)16-4-2-9-22-14-16/h2,4-6,9,14-15H,3,7-8,10-13H2,1H3,(H,23,27). The SMILES string of the molecule is COCCCNC(=O)C1CCN(c2nc3ccc(-c4cccnc4)nc3s2)CC1. The Morgan fingerprint density at radius 3 is 2.90 bits per heavy atom. The summed E-state index contributed by atoms with van der Waals surface area (Å²) < 4.78 is 5.02. The van der Waals surface area contributed by atoms with E-state index in [9.17, 15) is 4.79 Å². The summed E-state index contributed by atoms with van der Waals surface area (Å²) in [7, 11) is 1.68. The molecule has 0 spiro atoms. The van der Waals surface area contributed by atoms with Gasteiger partial charge in [0.15, 0.2) is 5.13 Å². The van der Waals surface area contributed by atoms with Crippen LogP contribution in [0.5, 0.6) is 0 Å². The van der Waals surface area contributed by atoms with Crippen molar-refractivity contribution in [1.82, 2.24) is 20.3 Å². The van der Waals surface area contributed by atoms with Crippen molar-refractivity contribution >= 4 is 32.7 Å². The molecule has 1 saturated heterocycles. The number of carbonyl (C=O) groups excluding carboxylic acids is 1. The highest BCUT2D eigenvalue weighted by Crippen LogP contribution is 2.32. The van der Waals surface area contributed by atoms with Crippen molar-refractivity contribution < 1.29 is 9.53 Å². The molecule has 0 aromatic carbocycles. The lowest BCUT2D eigenvalue weighted by Crippen LogP contribution is -2.40.